The number of nitrogens with zero attached hydrogens (tertiary/aromatic N) is 2. The molecule has 156 valence electrons. The van der Waals surface area contributed by atoms with Crippen molar-refractivity contribution in [3.63, 3.8) is 0 Å². The number of rotatable bonds is 8. The number of pyridine rings is 1. The van der Waals surface area contributed by atoms with Gasteiger partial charge >= 0.3 is 0 Å². The summed E-state index contributed by atoms with van der Waals surface area (Å²) in [4.78, 5) is 17.2. The Labute approximate surface area is 179 Å². The van der Waals surface area contributed by atoms with Crippen molar-refractivity contribution in [1.82, 2.24) is 10.4 Å². The number of hydrogen-bond acceptors (Lipinski definition) is 6. The number of hydrogen-bond donors (Lipinski definition) is 1. The van der Waals surface area contributed by atoms with Crippen molar-refractivity contribution < 1.29 is 19.0 Å². The minimum absolute atomic E-state index is 0.363. The molecule has 0 saturated heterocycles. The number of hydrazone groups is 1. The number of methoxy groups -OCH3 is 2. The molecule has 0 radical (unpaired) electrons. The van der Waals surface area contributed by atoms with Crippen LogP contribution >= 0.6 is 11.6 Å². The second-order valence-electron chi connectivity index (χ2n) is 6.23. The van der Waals surface area contributed by atoms with E-state index in [1.165, 1.54) is 20.4 Å². The van der Waals surface area contributed by atoms with Crippen LogP contribution in [0.1, 0.15) is 24.2 Å². The van der Waals surface area contributed by atoms with Gasteiger partial charge in [-0.2, -0.15) is 5.10 Å². The predicted octanol–water partition coefficient (Wildman–Crippen LogP) is 4.13. The van der Waals surface area contributed by atoms with Gasteiger partial charge in [0.05, 0.1) is 26.0 Å². The molecule has 0 fully saturated rings. The van der Waals surface area contributed by atoms with Crippen LogP contribution in [0.3, 0.4) is 0 Å². The third kappa shape index (κ3) is 4.69. The number of halogens is 1. The molecule has 30 heavy (non-hydrogen) atoms. The van der Waals surface area contributed by atoms with Gasteiger partial charge in [0.1, 0.15) is 16.5 Å². The maximum atomic E-state index is 12.8. The third-order valence-corrected chi connectivity index (χ3v) is 4.76. The molecule has 0 aliphatic carbocycles. The Morgan fingerprint density at radius 3 is 2.60 bits per heavy atom. The zero-order valence-corrected chi connectivity index (χ0v) is 17.6. The summed E-state index contributed by atoms with van der Waals surface area (Å²) in [6.07, 6.45) is 2.36. The second kappa shape index (κ2) is 10.0. The van der Waals surface area contributed by atoms with Crippen molar-refractivity contribution >= 4 is 34.6 Å². The van der Waals surface area contributed by atoms with E-state index in [-0.39, 0.29) is 0 Å². The fraction of sp³-hybridized carbons (Fsp3) is 0.227. The molecule has 1 heterocycles. The van der Waals surface area contributed by atoms with Gasteiger partial charge in [0.15, 0.2) is 6.10 Å². The van der Waals surface area contributed by atoms with E-state index in [2.05, 4.69) is 15.5 Å². The molecule has 0 bridgehead atoms. The summed E-state index contributed by atoms with van der Waals surface area (Å²) in [5.74, 6) is 0.496. The normalized spacial score (nSPS) is 12.1. The van der Waals surface area contributed by atoms with E-state index in [9.17, 15) is 4.79 Å². The first-order valence-corrected chi connectivity index (χ1v) is 9.66. The average molecular weight is 428 g/mol. The Morgan fingerprint density at radius 1 is 1.20 bits per heavy atom. The highest BCUT2D eigenvalue weighted by Gasteiger charge is 2.23. The van der Waals surface area contributed by atoms with Gasteiger partial charge in [0.2, 0.25) is 0 Å². The lowest BCUT2D eigenvalue weighted by atomic mass is 10.0. The molecule has 1 atom stereocenters. The zero-order chi connectivity index (χ0) is 21.5. The number of ether oxygens (including phenoxy) is 3. The van der Waals surface area contributed by atoms with Gasteiger partial charge in [-0.05, 0) is 36.8 Å². The number of fused-ring (bicyclic) bond motifs is 1. The van der Waals surface area contributed by atoms with Gasteiger partial charge in [-0.15, -0.1) is 0 Å². The Morgan fingerprint density at radius 2 is 1.93 bits per heavy atom. The maximum absolute atomic E-state index is 12.8. The smallest absolute Gasteiger partial charge is 0.273 e. The molecule has 1 unspecified atom stereocenters. The first-order chi connectivity index (χ1) is 14.6. The molecule has 7 nitrogen and oxygen atoms in total. The minimum Gasteiger partial charge on any atom is -0.495 e. The van der Waals surface area contributed by atoms with Gasteiger partial charge in [-0.25, -0.2) is 5.43 Å². The highest BCUT2D eigenvalue weighted by atomic mass is 35.5. The van der Waals surface area contributed by atoms with E-state index in [4.69, 9.17) is 25.8 Å². The molecule has 1 N–H and O–H groups in total. The number of amides is 1. The first-order valence-electron chi connectivity index (χ1n) is 9.28. The zero-order valence-electron chi connectivity index (χ0n) is 16.9. The molecule has 1 amide bonds. The third-order valence-electron chi connectivity index (χ3n) is 4.39. The predicted molar refractivity (Wildman–Crippen MR) is 116 cm³/mol. The van der Waals surface area contributed by atoms with Crippen molar-refractivity contribution in [3.05, 3.63) is 64.8 Å². The summed E-state index contributed by atoms with van der Waals surface area (Å²) in [5, 5.41) is 5.27. The van der Waals surface area contributed by atoms with E-state index in [1.807, 2.05) is 37.3 Å². The molecule has 0 saturated carbocycles. The highest BCUT2D eigenvalue weighted by Crippen LogP contribution is 2.34. The van der Waals surface area contributed by atoms with Crippen LogP contribution in [0.25, 0.3) is 10.9 Å². The van der Waals surface area contributed by atoms with E-state index in [0.29, 0.717) is 28.7 Å². The monoisotopic (exact) mass is 427 g/mol. The van der Waals surface area contributed by atoms with Crippen molar-refractivity contribution in [2.75, 3.05) is 20.8 Å². The van der Waals surface area contributed by atoms with Crippen LogP contribution in [0.5, 0.6) is 11.5 Å². The highest BCUT2D eigenvalue weighted by molar-refractivity contribution is 6.33. The Kier molecular flexibility index (Phi) is 7.21. The summed E-state index contributed by atoms with van der Waals surface area (Å²) >= 11 is 6.17. The Balaban J connectivity index is 1.82. The summed E-state index contributed by atoms with van der Waals surface area (Å²) in [6.45, 7) is 2.20. The maximum Gasteiger partial charge on any atom is 0.273 e. The number of carbonyl (C=O) groups excluding carboxylic acids is 1. The van der Waals surface area contributed by atoms with Crippen LogP contribution in [0.15, 0.2) is 53.8 Å². The van der Waals surface area contributed by atoms with E-state index in [1.54, 1.807) is 18.3 Å². The lowest BCUT2D eigenvalue weighted by molar-refractivity contribution is -0.132. The van der Waals surface area contributed by atoms with Crippen LogP contribution in [-0.2, 0) is 9.53 Å². The van der Waals surface area contributed by atoms with Crippen LogP contribution < -0.4 is 14.9 Å². The molecule has 3 rings (SSSR count). The minimum atomic E-state index is -0.825. The molecule has 1 aromatic heterocycles. The lowest BCUT2D eigenvalue weighted by Gasteiger charge is -2.17. The van der Waals surface area contributed by atoms with Gasteiger partial charge in [-0.3, -0.25) is 9.78 Å². The molecule has 8 heteroatoms. The summed E-state index contributed by atoms with van der Waals surface area (Å²) in [6, 6.07) is 12.7. The topological polar surface area (TPSA) is 82.0 Å². The number of carbonyl (C=O) groups is 1. The first kappa shape index (κ1) is 21.5. The van der Waals surface area contributed by atoms with Gasteiger partial charge in [0.25, 0.3) is 5.91 Å². The summed E-state index contributed by atoms with van der Waals surface area (Å²) in [5.41, 5.74) is 4.70. The van der Waals surface area contributed by atoms with E-state index >= 15 is 0 Å². The van der Waals surface area contributed by atoms with Crippen LogP contribution in [0.2, 0.25) is 5.02 Å². The standard InChI is InChI=1S/C22H22ClN3O4/c1-4-30-21(16-7-5-9-17-15(16)8-6-10-24-17)22(27)26-25-13-14-11-18(28-2)20(23)19(12-14)29-3/h5-13,21H,4H2,1-3H3,(H,26,27)/b25-13+. The fourth-order valence-corrected chi connectivity index (χ4v) is 3.29. The lowest BCUT2D eigenvalue weighted by Crippen LogP contribution is -2.27. The van der Waals surface area contributed by atoms with Crippen LogP contribution in [-0.4, -0.2) is 37.9 Å². The van der Waals surface area contributed by atoms with Crippen molar-refractivity contribution in [3.8, 4) is 11.5 Å². The molecule has 0 aliphatic rings. The molecule has 0 aliphatic heterocycles. The van der Waals surface area contributed by atoms with Crippen molar-refractivity contribution in [1.29, 1.82) is 0 Å². The molecular weight excluding hydrogens is 406 g/mol. The Bertz CT molecular complexity index is 1040. The number of aromatic nitrogens is 1. The molecule has 2 aromatic carbocycles. The average Bonchev–Trinajstić information content (AvgIpc) is 2.78. The summed E-state index contributed by atoms with van der Waals surface area (Å²) < 4.78 is 16.2. The van der Waals surface area contributed by atoms with E-state index in [0.717, 1.165) is 16.5 Å². The van der Waals surface area contributed by atoms with Gasteiger partial charge in [-0.1, -0.05) is 29.8 Å². The molecule has 0 spiro atoms. The summed E-state index contributed by atoms with van der Waals surface area (Å²) in [7, 11) is 3.02. The van der Waals surface area contributed by atoms with Gasteiger partial charge in [0, 0.05) is 23.8 Å². The SMILES string of the molecule is CCOC(C(=O)N/N=C/c1cc(OC)c(Cl)c(OC)c1)c1cccc2ncccc12. The Hall–Kier alpha value is -3.16. The number of nitrogens with one attached hydrogen (secondary N) is 1. The largest absolute Gasteiger partial charge is 0.495 e. The molecule has 3 aromatic rings. The van der Waals surface area contributed by atoms with Crippen LogP contribution in [0, 0.1) is 0 Å². The quantitative estimate of drug-likeness (QED) is 0.431. The van der Waals surface area contributed by atoms with Crippen molar-refractivity contribution in [2.24, 2.45) is 5.10 Å². The van der Waals surface area contributed by atoms with Crippen molar-refractivity contribution in [2.45, 2.75) is 13.0 Å². The fourth-order valence-electron chi connectivity index (χ4n) is 3.02. The second-order valence-corrected chi connectivity index (χ2v) is 6.60. The number of benzene rings is 2. The molecular formula is C22H22ClN3O4. The van der Waals surface area contributed by atoms with E-state index < -0.39 is 12.0 Å². The van der Waals surface area contributed by atoms with Crippen LogP contribution in [0.4, 0.5) is 0 Å². The van der Waals surface area contributed by atoms with Gasteiger partial charge < -0.3 is 14.2 Å².